The van der Waals surface area contributed by atoms with Gasteiger partial charge < -0.3 is 5.73 Å². The fourth-order valence-electron chi connectivity index (χ4n) is 0.630. The van der Waals surface area contributed by atoms with Crippen LogP contribution >= 0.6 is 46.1 Å². The maximum atomic E-state index is 5.63. The Labute approximate surface area is 84.1 Å². The van der Waals surface area contributed by atoms with Crippen LogP contribution in [0.1, 0.15) is 10.9 Å². The van der Waals surface area contributed by atoms with E-state index in [0.29, 0.717) is 0 Å². The third kappa shape index (κ3) is 2.49. The van der Waals surface area contributed by atoms with Crippen LogP contribution in [0, 0.1) is 0 Å². The van der Waals surface area contributed by atoms with Gasteiger partial charge in [-0.2, -0.15) is 0 Å². The van der Waals surface area contributed by atoms with Gasteiger partial charge in [0.2, 0.25) is 3.79 Å². The summed E-state index contributed by atoms with van der Waals surface area (Å²) in [4.78, 5) is 0.880. The zero-order valence-corrected chi connectivity index (χ0v) is 8.51. The number of rotatable bonds is 1. The van der Waals surface area contributed by atoms with E-state index in [-0.39, 0.29) is 0 Å². The van der Waals surface area contributed by atoms with E-state index in [1.807, 2.05) is 17.5 Å². The molecule has 1 aromatic rings. The second-order valence-electron chi connectivity index (χ2n) is 2.03. The summed E-state index contributed by atoms with van der Waals surface area (Å²) in [6, 6.07) is 3.18. The monoisotopic (exact) mass is 229 g/mol. The summed E-state index contributed by atoms with van der Waals surface area (Å²) >= 11 is 18.2. The Morgan fingerprint density at radius 2 is 2.09 bits per heavy atom. The number of thiophene rings is 1. The molecule has 0 saturated carbocycles. The van der Waals surface area contributed by atoms with Crippen LogP contribution in [0.2, 0.25) is 0 Å². The number of alkyl halides is 3. The molecule has 11 heavy (non-hydrogen) atoms. The van der Waals surface area contributed by atoms with Crippen molar-refractivity contribution in [2.75, 3.05) is 0 Å². The van der Waals surface area contributed by atoms with Crippen molar-refractivity contribution in [1.29, 1.82) is 0 Å². The predicted octanol–water partition coefficient (Wildman–Crippen LogP) is 3.12. The number of hydrogen-bond acceptors (Lipinski definition) is 2. The van der Waals surface area contributed by atoms with Crippen LogP contribution in [0.5, 0.6) is 0 Å². The lowest BCUT2D eigenvalue weighted by Crippen LogP contribution is -2.24. The van der Waals surface area contributed by atoms with Crippen molar-refractivity contribution in [2.45, 2.75) is 9.83 Å². The molecule has 62 valence electrons. The first-order chi connectivity index (χ1) is 5.02. The highest BCUT2D eigenvalue weighted by molar-refractivity contribution is 7.10. The van der Waals surface area contributed by atoms with Crippen molar-refractivity contribution in [3.05, 3.63) is 22.4 Å². The number of halogens is 3. The van der Waals surface area contributed by atoms with Crippen LogP contribution in [-0.4, -0.2) is 3.79 Å². The van der Waals surface area contributed by atoms with E-state index in [4.69, 9.17) is 40.5 Å². The normalized spacial score (nSPS) is 14.9. The molecule has 1 aromatic heterocycles. The largest absolute Gasteiger partial charge is 0.320 e. The SMILES string of the molecule is NC(c1cccs1)C(Cl)(Cl)Cl. The van der Waals surface area contributed by atoms with E-state index in [9.17, 15) is 0 Å². The lowest BCUT2D eigenvalue weighted by molar-refractivity contribution is 0.764. The number of nitrogens with two attached hydrogens (primary N) is 1. The van der Waals surface area contributed by atoms with Crippen molar-refractivity contribution < 1.29 is 0 Å². The highest BCUT2D eigenvalue weighted by Gasteiger charge is 2.30. The summed E-state index contributed by atoms with van der Waals surface area (Å²) in [5, 5.41) is 1.89. The standard InChI is InChI=1S/C6H6Cl3NS/c7-6(8,9)5(10)4-2-1-3-11-4/h1-3,5H,10H2. The predicted molar refractivity (Wildman–Crippen MR) is 51.5 cm³/mol. The first-order valence-electron chi connectivity index (χ1n) is 2.87. The second kappa shape index (κ2) is 3.50. The minimum Gasteiger partial charge on any atom is -0.320 e. The van der Waals surface area contributed by atoms with Crippen LogP contribution in [-0.2, 0) is 0 Å². The average molecular weight is 231 g/mol. The molecule has 0 aliphatic heterocycles. The maximum absolute atomic E-state index is 5.63. The Morgan fingerprint density at radius 3 is 2.45 bits per heavy atom. The third-order valence-electron chi connectivity index (χ3n) is 1.20. The summed E-state index contributed by atoms with van der Waals surface area (Å²) in [5.41, 5.74) is 5.63. The summed E-state index contributed by atoms with van der Waals surface area (Å²) in [6.45, 7) is 0. The lowest BCUT2D eigenvalue weighted by atomic mass is 10.3. The van der Waals surface area contributed by atoms with Gasteiger partial charge in [-0.3, -0.25) is 0 Å². The van der Waals surface area contributed by atoms with E-state index in [1.165, 1.54) is 11.3 Å². The van der Waals surface area contributed by atoms with Gasteiger partial charge >= 0.3 is 0 Å². The molecule has 1 heterocycles. The molecule has 1 unspecified atom stereocenters. The van der Waals surface area contributed by atoms with Crippen molar-refractivity contribution in [3.63, 3.8) is 0 Å². The number of hydrogen-bond donors (Lipinski definition) is 1. The van der Waals surface area contributed by atoms with E-state index in [2.05, 4.69) is 0 Å². The van der Waals surface area contributed by atoms with Crippen LogP contribution in [0.15, 0.2) is 17.5 Å². The van der Waals surface area contributed by atoms with E-state index in [0.717, 1.165) is 4.88 Å². The molecule has 1 nitrogen and oxygen atoms in total. The van der Waals surface area contributed by atoms with Crippen molar-refractivity contribution in [1.82, 2.24) is 0 Å². The Hall–Kier alpha value is 0.530. The second-order valence-corrected chi connectivity index (χ2v) is 5.38. The first-order valence-corrected chi connectivity index (χ1v) is 4.89. The van der Waals surface area contributed by atoms with Crippen LogP contribution in [0.25, 0.3) is 0 Å². The molecule has 0 fully saturated rings. The van der Waals surface area contributed by atoms with Gasteiger partial charge in [0.1, 0.15) is 0 Å². The van der Waals surface area contributed by atoms with E-state index >= 15 is 0 Å². The van der Waals surface area contributed by atoms with Gasteiger partial charge in [0.25, 0.3) is 0 Å². The Morgan fingerprint density at radius 1 is 1.45 bits per heavy atom. The third-order valence-corrected chi connectivity index (χ3v) is 2.86. The molecule has 0 saturated heterocycles. The molecule has 5 heteroatoms. The molecule has 0 spiro atoms. The molecule has 2 N–H and O–H groups in total. The van der Waals surface area contributed by atoms with Gasteiger partial charge in [-0.1, -0.05) is 40.9 Å². The molecular formula is C6H6Cl3NS. The minimum absolute atomic E-state index is 0.535. The van der Waals surface area contributed by atoms with Crippen molar-refractivity contribution >= 4 is 46.1 Å². The quantitative estimate of drug-likeness (QED) is 0.737. The summed E-state index contributed by atoms with van der Waals surface area (Å²) in [6.07, 6.45) is 0. The van der Waals surface area contributed by atoms with Gasteiger partial charge in [0.05, 0.1) is 6.04 Å². The minimum atomic E-state index is -1.41. The highest BCUT2D eigenvalue weighted by Crippen LogP contribution is 2.39. The molecule has 0 radical (unpaired) electrons. The molecule has 0 aliphatic carbocycles. The van der Waals surface area contributed by atoms with Crippen molar-refractivity contribution in [2.24, 2.45) is 5.73 Å². The average Bonchev–Trinajstić information content (AvgIpc) is 2.34. The van der Waals surface area contributed by atoms with Gasteiger partial charge in [0, 0.05) is 4.88 Å². The van der Waals surface area contributed by atoms with Gasteiger partial charge in [0.15, 0.2) is 0 Å². The molecule has 0 bridgehead atoms. The van der Waals surface area contributed by atoms with Crippen LogP contribution < -0.4 is 5.73 Å². The molecule has 0 aliphatic rings. The molecule has 0 amide bonds. The van der Waals surface area contributed by atoms with Gasteiger partial charge in [-0.25, -0.2) is 0 Å². The van der Waals surface area contributed by atoms with E-state index in [1.54, 1.807) is 0 Å². The summed E-state index contributed by atoms with van der Waals surface area (Å²) in [5.74, 6) is 0. The zero-order valence-electron chi connectivity index (χ0n) is 5.43. The Balaban J connectivity index is 2.78. The molecular weight excluding hydrogens is 224 g/mol. The van der Waals surface area contributed by atoms with Crippen molar-refractivity contribution in [3.8, 4) is 0 Å². The lowest BCUT2D eigenvalue weighted by Gasteiger charge is -2.17. The zero-order chi connectivity index (χ0) is 8.48. The molecule has 1 atom stereocenters. The smallest absolute Gasteiger partial charge is 0.210 e. The van der Waals surface area contributed by atoms with Gasteiger partial charge in [-0.05, 0) is 11.4 Å². The first kappa shape index (κ1) is 9.62. The summed E-state index contributed by atoms with van der Waals surface area (Å²) in [7, 11) is 0. The molecule has 0 aromatic carbocycles. The van der Waals surface area contributed by atoms with Gasteiger partial charge in [-0.15, -0.1) is 11.3 Å². The maximum Gasteiger partial charge on any atom is 0.210 e. The summed E-state index contributed by atoms with van der Waals surface area (Å²) < 4.78 is -1.41. The molecule has 1 rings (SSSR count). The fourth-order valence-corrected chi connectivity index (χ4v) is 1.97. The fraction of sp³-hybridized carbons (Fsp3) is 0.333. The van der Waals surface area contributed by atoms with Crippen LogP contribution in [0.3, 0.4) is 0 Å². The topological polar surface area (TPSA) is 26.0 Å². The Bertz CT molecular complexity index is 216. The Kier molecular flexibility index (Phi) is 3.06. The van der Waals surface area contributed by atoms with E-state index < -0.39 is 9.83 Å². The van der Waals surface area contributed by atoms with Crippen LogP contribution in [0.4, 0.5) is 0 Å². The highest BCUT2D eigenvalue weighted by atomic mass is 35.6.